The van der Waals surface area contributed by atoms with Crippen LogP contribution in [-0.4, -0.2) is 29.2 Å². The fourth-order valence-corrected chi connectivity index (χ4v) is 1.48. The molecule has 2 aromatic rings. The summed E-state index contributed by atoms with van der Waals surface area (Å²) in [5, 5.41) is 7.62. The molecule has 0 unspecified atom stereocenters. The Morgan fingerprint density at radius 1 is 1.30 bits per heavy atom. The van der Waals surface area contributed by atoms with Gasteiger partial charge in [0.1, 0.15) is 5.82 Å². The van der Waals surface area contributed by atoms with Crippen molar-refractivity contribution in [2.75, 3.05) is 12.4 Å². The zero-order valence-corrected chi connectivity index (χ0v) is 10.2. The van der Waals surface area contributed by atoms with Gasteiger partial charge in [-0.15, -0.1) is 0 Å². The number of H-pyrrole nitrogens is 1. The number of nitrogens with zero attached hydrogens (tertiary/aromatic N) is 1. The summed E-state index contributed by atoms with van der Waals surface area (Å²) in [6, 6.07) is 3.28. The van der Waals surface area contributed by atoms with Gasteiger partial charge in [0.2, 0.25) is 0 Å². The summed E-state index contributed by atoms with van der Waals surface area (Å²) in [5.41, 5.74) is -0.658. The fourth-order valence-electron chi connectivity index (χ4n) is 1.48. The molecule has 0 aliphatic carbocycles. The number of aromatic amines is 1. The van der Waals surface area contributed by atoms with E-state index in [0.29, 0.717) is 0 Å². The Morgan fingerprint density at radius 2 is 2.05 bits per heavy atom. The van der Waals surface area contributed by atoms with E-state index in [9.17, 15) is 18.4 Å². The lowest BCUT2D eigenvalue weighted by atomic mass is 10.2. The van der Waals surface area contributed by atoms with E-state index in [-0.39, 0.29) is 11.3 Å². The van der Waals surface area contributed by atoms with Gasteiger partial charge in [-0.05, 0) is 18.2 Å². The second kappa shape index (κ2) is 5.47. The maximum Gasteiger partial charge on any atom is 0.337 e. The Labute approximate surface area is 111 Å². The molecule has 20 heavy (non-hydrogen) atoms. The van der Waals surface area contributed by atoms with Gasteiger partial charge in [-0.25, -0.2) is 13.6 Å². The van der Waals surface area contributed by atoms with Gasteiger partial charge in [-0.1, -0.05) is 0 Å². The first-order valence-electron chi connectivity index (χ1n) is 5.41. The molecule has 1 heterocycles. The number of hydrogen-bond donors (Lipinski definition) is 2. The Bertz CT molecular complexity index is 670. The number of hydrogen-bond acceptors (Lipinski definition) is 4. The van der Waals surface area contributed by atoms with Gasteiger partial charge in [0.25, 0.3) is 5.91 Å². The van der Waals surface area contributed by atoms with Crippen LogP contribution in [0.3, 0.4) is 0 Å². The molecule has 0 aliphatic rings. The number of esters is 1. The first-order valence-corrected chi connectivity index (χ1v) is 5.41. The fraction of sp³-hybridized carbons (Fsp3) is 0.0833. The maximum atomic E-state index is 13.6. The summed E-state index contributed by atoms with van der Waals surface area (Å²) >= 11 is 0. The SMILES string of the molecule is COC(=O)c1ccc(F)c(NC(=O)c2[nH]ncc2F)c1. The van der Waals surface area contributed by atoms with E-state index in [1.54, 1.807) is 0 Å². The molecule has 2 rings (SSSR count). The number of anilines is 1. The highest BCUT2D eigenvalue weighted by atomic mass is 19.1. The lowest BCUT2D eigenvalue weighted by Gasteiger charge is -2.07. The number of amides is 1. The lowest BCUT2D eigenvalue weighted by molar-refractivity contribution is 0.0600. The summed E-state index contributed by atoms with van der Waals surface area (Å²) in [6.45, 7) is 0. The van der Waals surface area contributed by atoms with Crippen molar-refractivity contribution in [3.63, 3.8) is 0 Å². The largest absolute Gasteiger partial charge is 0.465 e. The third-order valence-electron chi connectivity index (χ3n) is 2.46. The second-order valence-corrected chi connectivity index (χ2v) is 3.73. The molecular weight excluding hydrogens is 272 g/mol. The van der Waals surface area contributed by atoms with Gasteiger partial charge >= 0.3 is 5.97 Å². The predicted octanol–water partition coefficient (Wildman–Crippen LogP) is 1.73. The van der Waals surface area contributed by atoms with E-state index in [2.05, 4.69) is 20.3 Å². The Balaban J connectivity index is 2.27. The number of ether oxygens (including phenoxy) is 1. The number of nitrogens with one attached hydrogen (secondary N) is 2. The molecule has 104 valence electrons. The van der Waals surface area contributed by atoms with Gasteiger partial charge in [-0.2, -0.15) is 5.10 Å². The third kappa shape index (κ3) is 2.63. The number of halogens is 2. The highest BCUT2D eigenvalue weighted by Crippen LogP contribution is 2.18. The van der Waals surface area contributed by atoms with Crippen LogP contribution in [0.1, 0.15) is 20.8 Å². The van der Waals surface area contributed by atoms with Crippen LogP contribution in [0, 0.1) is 11.6 Å². The summed E-state index contributed by atoms with van der Waals surface area (Å²) in [4.78, 5) is 23.0. The average Bonchev–Trinajstić information content (AvgIpc) is 2.86. The molecule has 1 aromatic heterocycles. The first-order chi connectivity index (χ1) is 9.52. The maximum absolute atomic E-state index is 13.6. The molecule has 0 spiro atoms. The normalized spacial score (nSPS) is 10.2. The van der Waals surface area contributed by atoms with Crippen molar-refractivity contribution < 1.29 is 23.1 Å². The molecule has 8 heteroatoms. The molecule has 0 atom stereocenters. The lowest BCUT2D eigenvalue weighted by Crippen LogP contribution is -2.15. The van der Waals surface area contributed by atoms with Crippen molar-refractivity contribution in [3.05, 3.63) is 47.3 Å². The molecule has 2 N–H and O–H groups in total. The van der Waals surface area contributed by atoms with Crippen LogP contribution in [-0.2, 0) is 4.74 Å². The Morgan fingerprint density at radius 3 is 2.65 bits per heavy atom. The van der Waals surface area contributed by atoms with Crippen LogP contribution in [0.25, 0.3) is 0 Å². The van der Waals surface area contributed by atoms with Crippen LogP contribution >= 0.6 is 0 Å². The molecular formula is C12H9F2N3O3. The molecule has 0 fully saturated rings. The topological polar surface area (TPSA) is 84.1 Å². The minimum Gasteiger partial charge on any atom is -0.465 e. The highest BCUT2D eigenvalue weighted by molar-refractivity contribution is 6.03. The summed E-state index contributed by atoms with van der Waals surface area (Å²) in [5.74, 6) is -3.24. The van der Waals surface area contributed by atoms with E-state index in [4.69, 9.17) is 0 Å². The summed E-state index contributed by atoms with van der Waals surface area (Å²) in [6.07, 6.45) is 0.816. The number of carbonyl (C=O) groups is 2. The average molecular weight is 281 g/mol. The molecule has 0 aliphatic heterocycles. The van der Waals surface area contributed by atoms with Crippen LogP contribution in [0.4, 0.5) is 14.5 Å². The molecule has 1 amide bonds. The smallest absolute Gasteiger partial charge is 0.337 e. The van der Waals surface area contributed by atoms with Gasteiger partial charge in [-0.3, -0.25) is 9.89 Å². The monoisotopic (exact) mass is 281 g/mol. The number of rotatable bonds is 3. The molecule has 6 nitrogen and oxygen atoms in total. The Kier molecular flexibility index (Phi) is 3.74. The van der Waals surface area contributed by atoms with E-state index in [1.165, 1.54) is 13.2 Å². The molecule has 0 bridgehead atoms. The first kappa shape index (κ1) is 13.7. The quantitative estimate of drug-likeness (QED) is 0.839. The van der Waals surface area contributed by atoms with Gasteiger partial charge < -0.3 is 10.1 Å². The van der Waals surface area contributed by atoms with E-state index in [1.807, 2.05) is 0 Å². The van der Waals surface area contributed by atoms with Crippen molar-refractivity contribution in [2.24, 2.45) is 0 Å². The minimum absolute atomic E-state index is 0.0503. The van der Waals surface area contributed by atoms with E-state index >= 15 is 0 Å². The standard InChI is InChI=1S/C12H9F2N3O3/c1-20-12(19)6-2-3-7(13)9(4-6)16-11(18)10-8(14)5-15-17-10/h2-5H,1H3,(H,15,17)(H,16,18). The number of benzene rings is 1. The van der Waals surface area contributed by atoms with E-state index < -0.39 is 29.2 Å². The van der Waals surface area contributed by atoms with Crippen molar-refractivity contribution in [1.82, 2.24) is 10.2 Å². The third-order valence-corrected chi connectivity index (χ3v) is 2.46. The summed E-state index contributed by atoms with van der Waals surface area (Å²) in [7, 11) is 1.17. The number of carbonyl (C=O) groups excluding carboxylic acids is 2. The number of methoxy groups -OCH3 is 1. The van der Waals surface area contributed by atoms with Gasteiger partial charge in [0, 0.05) is 0 Å². The highest BCUT2D eigenvalue weighted by Gasteiger charge is 2.17. The van der Waals surface area contributed by atoms with Crippen LogP contribution < -0.4 is 5.32 Å². The summed E-state index contributed by atoms with van der Waals surface area (Å²) < 4.78 is 31.2. The van der Waals surface area contributed by atoms with Crippen molar-refractivity contribution >= 4 is 17.6 Å². The van der Waals surface area contributed by atoms with Crippen LogP contribution in [0.15, 0.2) is 24.4 Å². The molecule has 1 aromatic carbocycles. The minimum atomic E-state index is -0.916. The van der Waals surface area contributed by atoms with Crippen molar-refractivity contribution in [2.45, 2.75) is 0 Å². The van der Waals surface area contributed by atoms with E-state index in [0.717, 1.165) is 18.3 Å². The van der Waals surface area contributed by atoms with Crippen molar-refractivity contribution in [1.29, 1.82) is 0 Å². The number of aromatic nitrogens is 2. The predicted molar refractivity (Wildman–Crippen MR) is 64.2 cm³/mol. The van der Waals surface area contributed by atoms with Gasteiger partial charge in [0.15, 0.2) is 11.5 Å². The second-order valence-electron chi connectivity index (χ2n) is 3.73. The van der Waals surface area contributed by atoms with Crippen molar-refractivity contribution in [3.8, 4) is 0 Å². The zero-order valence-electron chi connectivity index (χ0n) is 10.2. The molecule has 0 saturated heterocycles. The van der Waals surface area contributed by atoms with Gasteiger partial charge in [0.05, 0.1) is 24.6 Å². The van der Waals surface area contributed by atoms with Crippen LogP contribution in [0.5, 0.6) is 0 Å². The Hall–Kier alpha value is -2.77. The molecule has 0 radical (unpaired) electrons. The zero-order chi connectivity index (χ0) is 14.7. The molecule has 0 saturated carbocycles. The van der Waals surface area contributed by atoms with Crippen LogP contribution in [0.2, 0.25) is 0 Å².